The van der Waals surface area contributed by atoms with Crippen LogP contribution in [0.25, 0.3) is 11.1 Å². The minimum absolute atomic E-state index is 0.0513. The summed E-state index contributed by atoms with van der Waals surface area (Å²) in [7, 11) is 0. The summed E-state index contributed by atoms with van der Waals surface area (Å²) in [6.07, 6.45) is 1.27. The molecule has 0 radical (unpaired) electrons. The number of hydrogen-bond acceptors (Lipinski definition) is 3. The molecule has 0 aliphatic carbocycles. The molecular formula is C20H20N2O3. The molecule has 0 bridgehead atoms. The number of fused-ring (bicyclic) bond motifs is 1. The first-order valence-corrected chi connectivity index (χ1v) is 8.61. The summed E-state index contributed by atoms with van der Waals surface area (Å²) in [5.41, 5.74) is 4.80. The van der Waals surface area contributed by atoms with Gasteiger partial charge in [-0.2, -0.15) is 0 Å². The van der Waals surface area contributed by atoms with Gasteiger partial charge >= 0.3 is 0 Å². The lowest BCUT2D eigenvalue weighted by atomic mass is 9.96. The minimum atomic E-state index is 0.0513. The van der Waals surface area contributed by atoms with Crippen LogP contribution in [0.1, 0.15) is 22.3 Å². The van der Waals surface area contributed by atoms with Crippen molar-refractivity contribution in [1.82, 2.24) is 4.90 Å². The summed E-state index contributed by atoms with van der Waals surface area (Å²) in [6, 6.07) is 13.8. The average Bonchev–Trinajstić information content (AvgIpc) is 2.68. The van der Waals surface area contributed by atoms with Crippen molar-refractivity contribution < 1.29 is 14.3 Å². The van der Waals surface area contributed by atoms with Crippen molar-refractivity contribution in [2.75, 3.05) is 31.6 Å². The molecule has 1 fully saturated rings. The molecule has 2 aliphatic heterocycles. The van der Waals surface area contributed by atoms with E-state index in [1.807, 2.05) is 41.3 Å². The summed E-state index contributed by atoms with van der Waals surface area (Å²) < 4.78 is 5.32. The maximum absolute atomic E-state index is 12.7. The monoisotopic (exact) mass is 336 g/mol. The second kappa shape index (κ2) is 6.69. The van der Waals surface area contributed by atoms with Gasteiger partial charge in [-0.05, 0) is 47.4 Å². The molecule has 0 aromatic heterocycles. The Bertz CT molecular complexity index is 825. The van der Waals surface area contributed by atoms with Crippen molar-refractivity contribution in [3.8, 4) is 11.1 Å². The van der Waals surface area contributed by atoms with Gasteiger partial charge in [-0.1, -0.05) is 18.2 Å². The highest BCUT2D eigenvalue weighted by Gasteiger charge is 2.19. The number of carbonyl (C=O) groups is 2. The normalized spacial score (nSPS) is 17.0. The number of anilines is 1. The van der Waals surface area contributed by atoms with Gasteiger partial charge in [-0.3, -0.25) is 9.59 Å². The fraction of sp³-hybridized carbons (Fsp3) is 0.300. The first-order valence-electron chi connectivity index (χ1n) is 8.61. The third-order valence-corrected chi connectivity index (χ3v) is 4.74. The summed E-state index contributed by atoms with van der Waals surface area (Å²) in [5, 5.41) is 2.90. The van der Waals surface area contributed by atoms with Crippen LogP contribution in [0.3, 0.4) is 0 Å². The predicted molar refractivity (Wildman–Crippen MR) is 95.6 cm³/mol. The van der Waals surface area contributed by atoms with E-state index in [2.05, 4.69) is 11.4 Å². The Hall–Kier alpha value is -2.66. The molecule has 128 valence electrons. The van der Waals surface area contributed by atoms with Gasteiger partial charge < -0.3 is 15.0 Å². The third kappa shape index (κ3) is 3.28. The molecule has 25 heavy (non-hydrogen) atoms. The number of amides is 2. The van der Waals surface area contributed by atoms with Crippen molar-refractivity contribution in [2.45, 2.75) is 12.8 Å². The standard InChI is InChI=1S/C20H20N2O3/c23-19-7-5-16-12-15(4-6-18(16)21-19)14-2-1-3-17(13-14)20(24)22-8-10-25-11-9-22/h1-4,6,12-13H,5,7-11H2,(H,21,23). The molecule has 0 unspecified atom stereocenters. The van der Waals surface area contributed by atoms with Crippen LogP contribution in [-0.2, 0) is 16.0 Å². The highest BCUT2D eigenvalue weighted by atomic mass is 16.5. The molecule has 0 spiro atoms. The number of ether oxygens (including phenoxy) is 1. The molecule has 5 nitrogen and oxygen atoms in total. The smallest absolute Gasteiger partial charge is 0.254 e. The van der Waals surface area contributed by atoms with E-state index in [0.29, 0.717) is 38.3 Å². The largest absolute Gasteiger partial charge is 0.378 e. The van der Waals surface area contributed by atoms with Gasteiger partial charge in [-0.15, -0.1) is 0 Å². The van der Waals surface area contributed by atoms with E-state index in [4.69, 9.17) is 4.74 Å². The number of rotatable bonds is 2. The Morgan fingerprint density at radius 2 is 1.80 bits per heavy atom. The molecule has 0 atom stereocenters. The zero-order valence-corrected chi connectivity index (χ0v) is 14.0. The number of aryl methyl sites for hydroxylation is 1. The Balaban J connectivity index is 1.61. The SMILES string of the molecule is O=C1CCc2cc(-c3cccc(C(=O)N4CCOCC4)c3)ccc2N1. The van der Waals surface area contributed by atoms with Crippen LogP contribution >= 0.6 is 0 Å². The summed E-state index contributed by atoms with van der Waals surface area (Å²) >= 11 is 0. The van der Waals surface area contributed by atoms with Gasteiger partial charge in [0, 0.05) is 30.8 Å². The lowest BCUT2D eigenvalue weighted by Gasteiger charge is -2.27. The average molecular weight is 336 g/mol. The summed E-state index contributed by atoms with van der Waals surface area (Å²) in [5.74, 6) is 0.119. The number of nitrogens with zero attached hydrogens (tertiary/aromatic N) is 1. The van der Waals surface area contributed by atoms with Crippen molar-refractivity contribution in [1.29, 1.82) is 0 Å². The fourth-order valence-corrected chi connectivity index (χ4v) is 3.34. The van der Waals surface area contributed by atoms with Crippen LogP contribution in [0.2, 0.25) is 0 Å². The lowest BCUT2D eigenvalue weighted by Crippen LogP contribution is -2.40. The molecule has 2 heterocycles. The number of morpholine rings is 1. The molecule has 2 aromatic carbocycles. The number of nitrogens with one attached hydrogen (secondary N) is 1. The molecular weight excluding hydrogens is 316 g/mol. The van der Waals surface area contributed by atoms with Gasteiger partial charge in [0.15, 0.2) is 0 Å². The molecule has 2 amide bonds. The van der Waals surface area contributed by atoms with Crippen LogP contribution < -0.4 is 5.32 Å². The lowest BCUT2D eigenvalue weighted by molar-refractivity contribution is -0.116. The van der Waals surface area contributed by atoms with Crippen LogP contribution in [0, 0.1) is 0 Å². The predicted octanol–water partition coefficient (Wildman–Crippen LogP) is 2.71. The van der Waals surface area contributed by atoms with Crippen molar-refractivity contribution in [3.63, 3.8) is 0 Å². The molecule has 0 saturated carbocycles. The van der Waals surface area contributed by atoms with Gasteiger partial charge in [0.25, 0.3) is 5.91 Å². The quantitative estimate of drug-likeness (QED) is 0.917. The third-order valence-electron chi connectivity index (χ3n) is 4.74. The number of hydrogen-bond donors (Lipinski definition) is 1. The van der Waals surface area contributed by atoms with Crippen LogP contribution in [0.5, 0.6) is 0 Å². The topological polar surface area (TPSA) is 58.6 Å². The van der Waals surface area contributed by atoms with E-state index in [-0.39, 0.29) is 11.8 Å². The molecule has 1 N–H and O–H groups in total. The Labute approximate surface area is 146 Å². The van der Waals surface area contributed by atoms with Gasteiger partial charge in [0.05, 0.1) is 13.2 Å². The van der Waals surface area contributed by atoms with Gasteiger partial charge in [0.1, 0.15) is 0 Å². The number of benzene rings is 2. The summed E-state index contributed by atoms with van der Waals surface area (Å²) in [4.78, 5) is 26.0. The molecule has 2 aliphatic rings. The van der Waals surface area contributed by atoms with E-state index >= 15 is 0 Å². The molecule has 5 heteroatoms. The van der Waals surface area contributed by atoms with Crippen molar-refractivity contribution in [2.24, 2.45) is 0 Å². The Morgan fingerprint density at radius 3 is 2.64 bits per heavy atom. The van der Waals surface area contributed by atoms with E-state index in [1.165, 1.54) is 0 Å². The molecule has 1 saturated heterocycles. The van der Waals surface area contributed by atoms with Gasteiger partial charge in [0.2, 0.25) is 5.91 Å². The van der Waals surface area contributed by atoms with E-state index in [9.17, 15) is 9.59 Å². The zero-order valence-electron chi connectivity index (χ0n) is 14.0. The van der Waals surface area contributed by atoms with Crippen molar-refractivity contribution >= 4 is 17.5 Å². The van der Waals surface area contributed by atoms with Gasteiger partial charge in [-0.25, -0.2) is 0 Å². The fourth-order valence-electron chi connectivity index (χ4n) is 3.34. The Kier molecular flexibility index (Phi) is 4.24. The maximum atomic E-state index is 12.7. The van der Waals surface area contributed by atoms with E-state index < -0.39 is 0 Å². The second-order valence-corrected chi connectivity index (χ2v) is 6.41. The molecule has 4 rings (SSSR count). The zero-order chi connectivity index (χ0) is 17.2. The Morgan fingerprint density at radius 1 is 1.00 bits per heavy atom. The first-order chi connectivity index (χ1) is 12.2. The van der Waals surface area contributed by atoms with Crippen LogP contribution in [0.4, 0.5) is 5.69 Å². The number of carbonyl (C=O) groups excluding carboxylic acids is 2. The minimum Gasteiger partial charge on any atom is -0.378 e. The summed E-state index contributed by atoms with van der Waals surface area (Å²) in [6.45, 7) is 2.48. The maximum Gasteiger partial charge on any atom is 0.254 e. The highest BCUT2D eigenvalue weighted by Crippen LogP contribution is 2.29. The highest BCUT2D eigenvalue weighted by molar-refractivity contribution is 5.96. The molecule has 2 aromatic rings. The van der Waals surface area contributed by atoms with Crippen LogP contribution in [-0.4, -0.2) is 43.0 Å². The van der Waals surface area contributed by atoms with E-state index in [1.54, 1.807) is 0 Å². The first kappa shape index (κ1) is 15.8. The van der Waals surface area contributed by atoms with Crippen molar-refractivity contribution in [3.05, 3.63) is 53.6 Å². The van der Waals surface area contributed by atoms with Crippen LogP contribution in [0.15, 0.2) is 42.5 Å². The van der Waals surface area contributed by atoms with E-state index in [0.717, 1.165) is 28.8 Å². The second-order valence-electron chi connectivity index (χ2n) is 6.41.